The van der Waals surface area contributed by atoms with Gasteiger partial charge in [0.2, 0.25) is 0 Å². The molecule has 3 aromatic rings. The first-order valence-electron chi connectivity index (χ1n) is 7.86. The van der Waals surface area contributed by atoms with Gasteiger partial charge in [0.1, 0.15) is 18.3 Å². The maximum absolute atomic E-state index is 13.9. The average molecular weight is 355 g/mol. The van der Waals surface area contributed by atoms with Crippen molar-refractivity contribution in [3.8, 4) is 0 Å². The number of hydrogen-bond acceptors (Lipinski definition) is 2. The molecule has 0 aliphatic rings. The lowest BCUT2D eigenvalue weighted by atomic mass is 9.91. The summed E-state index contributed by atoms with van der Waals surface area (Å²) >= 11 is 6.00. The summed E-state index contributed by atoms with van der Waals surface area (Å²) in [5, 5.41) is 0.240. The molecular formula is C21H16ClFO2. The second-order valence-electron chi connectivity index (χ2n) is 5.56. The van der Waals surface area contributed by atoms with Gasteiger partial charge in [0.05, 0.1) is 5.02 Å². The van der Waals surface area contributed by atoms with Gasteiger partial charge in [-0.1, -0.05) is 78.3 Å². The van der Waals surface area contributed by atoms with Crippen molar-refractivity contribution in [2.75, 3.05) is 0 Å². The molecule has 3 aromatic carbocycles. The Hall–Kier alpha value is -2.65. The Labute approximate surface area is 150 Å². The second-order valence-corrected chi connectivity index (χ2v) is 5.97. The first-order valence-corrected chi connectivity index (χ1v) is 8.24. The molecule has 0 fully saturated rings. The zero-order valence-corrected chi connectivity index (χ0v) is 14.1. The Balaban J connectivity index is 1.85. The van der Waals surface area contributed by atoms with E-state index in [1.54, 1.807) is 6.07 Å². The van der Waals surface area contributed by atoms with E-state index >= 15 is 0 Å². The average Bonchev–Trinajstić information content (AvgIpc) is 2.63. The topological polar surface area (TPSA) is 26.3 Å². The lowest BCUT2D eigenvalue weighted by Gasteiger charge is -2.17. The normalized spacial score (nSPS) is 10.7. The molecule has 0 amide bonds. The van der Waals surface area contributed by atoms with Crippen molar-refractivity contribution in [3.05, 3.63) is 106 Å². The fourth-order valence-corrected chi connectivity index (χ4v) is 2.87. The van der Waals surface area contributed by atoms with Crippen molar-refractivity contribution >= 4 is 17.6 Å². The van der Waals surface area contributed by atoms with E-state index < -0.39 is 17.7 Å². The van der Waals surface area contributed by atoms with Crippen LogP contribution in [0.15, 0.2) is 78.9 Å². The number of carbonyl (C=O) groups is 1. The summed E-state index contributed by atoms with van der Waals surface area (Å²) in [7, 11) is 0. The minimum Gasteiger partial charge on any atom is -0.460 e. The van der Waals surface area contributed by atoms with Crippen LogP contribution in [0.3, 0.4) is 0 Å². The minimum absolute atomic E-state index is 0.178. The molecule has 0 unspecified atom stereocenters. The van der Waals surface area contributed by atoms with Crippen molar-refractivity contribution in [2.45, 2.75) is 12.5 Å². The second kappa shape index (κ2) is 7.95. The Morgan fingerprint density at radius 3 is 1.96 bits per heavy atom. The third kappa shape index (κ3) is 4.06. The number of carbonyl (C=O) groups excluding carboxylic acids is 1. The van der Waals surface area contributed by atoms with Crippen LogP contribution in [-0.4, -0.2) is 5.97 Å². The number of ether oxygens (including phenoxy) is 1. The lowest BCUT2D eigenvalue weighted by molar-refractivity contribution is -0.145. The van der Waals surface area contributed by atoms with Crippen LogP contribution >= 0.6 is 11.6 Å². The molecule has 25 heavy (non-hydrogen) atoms. The Morgan fingerprint density at radius 1 is 0.880 bits per heavy atom. The molecule has 0 heterocycles. The van der Waals surface area contributed by atoms with Crippen LogP contribution in [0.1, 0.15) is 22.6 Å². The minimum atomic E-state index is -0.576. The van der Waals surface area contributed by atoms with Crippen molar-refractivity contribution in [2.24, 2.45) is 0 Å². The maximum Gasteiger partial charge on any atom is 0.318 e. The van der Waals surface area contributed by atoms with Crippen LogP contribution in [0.4, 0.5) is 4.39 Å². The molecule has 0 aliphatic carbocycles. The molecule has 126 valence electrons. The quantitative estimate of drug-likeness (QED) is 0.577. The van der Waals surface area contributed by atoms with E-state index in [0.29, 0.717) is 0 Å². The molecular weight excluding hydrogens is 339 g/mol. The van der Waals surface area contributed by atoms with E-state index in [0.717, 1.165) is 11.1 Å². The highest BCUT2D eigenvalue weighted by atomic mass is 35.5. The van der Waals surface area contributed by atoms with E-state index in [9.17, 15) is 9.18 Å². The summed E-state index contributed by atoms with van der Waals surface area (Å²) in [4.78, 5) is 12.8. The maximum atomic E-state index is 13.9. The largest absolute Gasteiger partial charge is 0.460 e. The van der Waals surface area contributed by atoms with Gasteiger partial charge in [0.15, 0.2) is 0 Å². The molecule has 0 atom stereocenters. The summed E-state index contributed by atoms with van der Waals surface area (Å²) < 4.78 is 19.3. The van der Waals surface area contributed by atoms with Crippen LogP contribution in [0, 0.1) is 5.82 Å². The predicted molar refractivity (Wildman–Crippen MR) is 95.9 cm³/mol. The summed E-state index contributed by atoms with van der Waals surface area (Å²) in [6.07, 6.45) is 0. The van der Waals surface area contributed by atoms with Gasteiger partial charge in [-0.15, -0.1) is 0 Å². The highest BCUT2D eigenvalue weighted by molar-refractivity contribution is 6.31. The highest BCUT2D eigenvalue weighted by Gasteiger charge is 2.24. The standard InChI is InChI=1S/C21H16ClFO2/c22-18-12-7-13-19(23)17(18)14-25-21(24)20(15-8-3-1-4-9-15)16-10-5-2-6-11-16/h1-13,20H,14H2. The SMILES string of the molecule is O=C(OCc1c(F)cccc1Cl)C(c1ccccc1)c1ccccc1. The Bertz CT molecular complexity index is 791. The lowest BCUT2D eigenvalue weighted by Crippen LogP contribution is -2.17. The van der Waals surface area contributed by atoms with Crippen LogP contribution in [-0.2, 0) is 16.1 Å². The van der Waals surface area contributed by atoms with Gasteiger partial charge in [-0.2, -0.15) is 0 Å². The van der Waals surface area contributed by atoms with E-state index in [1.807, 2.05) is 60.7 Å². The van der Waals surface area contributed by atoms with E-state index in [1.165, 1.54) is 12.1 Å². The third-order valence-electron chi connectivity index (χ3n) is 3.92. The predicted octanol–water partition coefficient (Wildman–Crippen LogP) is 5.35. The molecule has 0 spiro atoms. The van der Waals surface area contributed by atoms with Gasteiger partial charge in [-0.25, -0.2) is 4.39 Å². The highest BCUT2D eigenvalue weighted by Crippen LogP contribution is 2.27. The molecule has 3 rings (SSSR count). The summed E-state index contributed by atoms with van der Waals surface area (Å²) in [5.41, 5.74) is 1.81. The number of esters is 1. The molecule has 0 aromatic heterocycles. The third-order valence-corrected chi connectivity index (χ3v) is 4.28. The molecule has 0 aliphatic heterocycles. The van der Waals surface area contributed by atoms with Crippen molar-refractivity contribution in [1.29, 1.82) is 0 Å². The first-order chi connectivity index (χ1) is 12.2. The smallest absolute Gasteiger partial charge is 0.318 e. The molecule has 0 bridgehead atoms. The Kier molecular flexibility index (Phi) is 5.46. The van der Waals surface area contributed by atoms with Gasteiger partial charge in [-0.3, -0.25) is 4.79 Å². The van der Waals surface area contributed by atoms with E-state index in [2.05, 4.69) is 0 Å². The van der Waals surface area contributed by atoms with Crippen LogP contribution in [0.2, 0.25) is 5.02 Å². The molecule has 0 saturated carbocycles. The number of rotatable bonds is 5. The van der Waals surface area contributed by atoms with Crippen LogP contribution in [0.5, 0.6) is 0 Å². The van der Waals surface area contributed by atoms with Gasteiger partial charge in [-0.05, 0) is 23.3 Å². The summed E-state index contributed by atoms with van der Waals surface area (Å²) in [6, 6.07) is 23.1. The summed E-state index contributed by atoms with van der Waals surface area (Å²) in [6.45, 7) is -0.208. The van der Waals surface area contributed by atoms with E-state index in [4.69, 9.17) is 16.3 Å². The fourth-order valence-electron chi connectivity index (χ4n) is 2.65. The molecule has 0 radical (unpaired) electrons. The molecule has 0 N–H and O–H groups in total. The van der Waals surface area contributed by atoms with Gasteiger partial charge in [0.25, 0.3) is 0 Å². The molecule has 4 heteroatoms. The van der Waals surface area contributed by atoms with Crippen molar-refractivity contribution < 1.29 is 13.9 Å². The molecule has 0 saturated heterocycles. The van der Waals surface area contributed by atoms with Crippen LogP contribution < -0.4 is 0 Å². The number of benzene rings is 3. The zero-order valence-electron chi connectivity index (χ0n) is 13.4. The van der Waals surface area contributed by atoms with Crippen molar-refractivity contribution in [3.63, 3.8) is 0 Å². The zero-order chi connectivity index (χ0) is 17.6. The summed E-state index contributed by atoms with van der Waals surface area (Å²) in [5.74, 6) is -1.51. The van der Waals surface area contributed by atoms with Gasteiger partial charge < -0.3 is 4.74 Å². The first kappa shape index (κ1) is 17.2. The number of hydrogen-bond donors (Lipinski definition) is 0. The fraction of sp³-hybridized carbons (Fsp3) is 0.0952. The van der Waals surface area contributed by atoms with Crippen molar-refractivity contribution in [1.82, 2.24) is 0 Å². The Morgan fingerprint density at radius 2 is 1.44 bits per heavy atom. The number of halogens is 2. The molecule has 2 nitrogen and oxygen atoms in total. The van der Waals surface area contributed by atoms with Gasteiger partial charge >= 0.3 is 5.97 Å². The van der Waals surface area contributed by atoms with Crippen LogP contribution in [0.25, 0.3) is 0 Å². The van der Waals surface area contributed by atoms with E-state index in [-0.39, 0.29) is 17.2 Å². The monoisotopic (exact) mass is 354 g/mol. The van der Waals surface area contributed by atoms with Gasteiger partial charge in [0, 0.05) is 5.56 Å².